The molecule has 0 bridgehead atoms. The van der Waals surface area contributed by atoms with Crippen LogP contribution in [0.25, 0.3) is 0 Å². The van der Waals surface area contributed by atoms with Crippen LogP contribution in [0.3, 0.4) is 0 Å². The van der Waals surface area contributed by atoms with Gasteiger partial charge in [0, 0.05) is 24.4 Å². The Labute approximate surface area is 174 Å². The quantitative estimate of drug-likeness (QED) is 0.576. The number of nitrogens with one attached hydrogen (secondary N) is 2. The van der Waals surface area contributed by atoms with Crippen molar-refractivity contribution < 1.29 is 22.7 Å². The maximum Gasteiger partial charge on any atom is 0.262 e. The molecule has 2 aromatic rings. The second-order valence-corrected chi connectivity index (χ2v) is 8.36. The third-order valence-corrected chi connectivity index (χ3v) is 5.79. The molecule has 28 heavy (non-hydrogen) atoms. The molecule has 2 N–H and O–H groups in total. The Balaban J connectivity index is 1.97. The second-order valence-electron chi connectivity index (χ2n) is 5.78. The van der Waals surface area contributed by atoms with Crippen molar-refractivity contribution in [3.63, 3.8) is 0 Å². The molecule has 7 nitrogen and oxygen atoms in total. The van der Waals surface area contributed by atoms with Gasteiger partial charge in [-0.25, -0.2) is 13.1 Å². The van der Waals surface area contributed by atoms with Crippen LogP contribution in [-0.2, 0) is 19.6 Å². The number of ether oxygens (including phenoxy) is 2. The molecule has 2 rings (SSSR count). The Hall–Kier alpha value is -1.84. The molecule has 0 aliphatic carbocycles. The van der Waals surface area contributed by atoms with E-state index >= 15 is 0 Å². The molecule has 0 heterocycles. The third-order valence-electron chi connectivity index (χ3n) is 3.63. The highest BCUT2D eigenvalue weighted by atomic mass is 35.5. The highest BCUT2D eigenvalue weighted by Gasteiger charge is 2.16. The first-order valence-corrected chi connectivity index (χ1v) is 10.4. The maximum absolute atomic E-state index is 12.2. The molecule has 1 amide bonds. The van der Waals surface area contributed by atoms with Crippen molar-refractivity contribution in [2.75, 3.05) is 32.2 Å². The molecule has 0 aromatic heterocycles. The summed E-state index contributed by atoms with van der Waals surface area (Å²) in [5, 5.41) is 3.26. The van der Waals surface area contributed by atoms with Crippen LogP contribution < -0.4 is 14.8 Å². The fourth-order valence-corrected chi connectivity index (χ4v) is 3.66. The predicted molar refractivity (Wildman–Crippen MR) is 109 cm³/mol. The molecule has 0 fully saturated rings. The van der Waals surface area contributed by atoms with E-state index in [0.29, 0.717) is 10.7 Å². The Morgan fingerprint density at radius 3 is 2.50 bits per heavy atom. The minimum absolute atomic E-state index is 0.0142. The van der Waals surface area contributed by atoms with Crippen molar-refractivity contribution in [3.8, 4) is 5.75 Å². The molecular weight excluding hydrogens is 427 g/mol. The predicted octanol–water partition coefficient (Wildman–Crippen LogP) is 3.24. The van der Waals surface area contributed by atoms with Gasteiger partial charge in [-0.05, 0) is 42.8 Å². The minimum atomic E-state index is -3.71. The third kappa shape index (κ3) is 6.35. The van der Waals surface area contributed by atoms with Crippen LogP contribution in [-0.4, -0.2) is 41.2 Å². The van der Waals surface area contributed by atoms with Crippen molar-refractivity contribution in [1.82, 2.24) is 4.72 Å². The lowest BCUT2D eigenvalue weighted by atomic mass is 10.2. The summed E-state index contributed by atoms with van der Waals surface area (Å²) in [7, 11) is -2.24. The van der Waals surface area contributed by atoms with E-state index < -0.39 is 15.9 Å². The number of halogens is 2. The number of anilines is 1. The first-order valence-electron chi connectivity index (χ1n) is 8.20. The van der Waals surface area contributed by atoms with Crippen molar-refractivity contribution in [3.05, 3.63) is 52.0 Å². The summed E-state index contributed by atoms with van der Waals surface area (Å²) in [6, 6.07) is 9.14. The van der Waals surface area contributed by atoms with Crippen LogP contribution in [0.5, 0.6) is 5.75 Å². The molecule has 0 radical (unpaired) electrons. The number of hydrogen-bond acceptors (Lipinski definition) is 5. The number of amides is 1. The highest BCUT2D eigenvalue weighted by molar-refractivity contribution is 7.89. The fraction of sp³-hybridized carbons (Fsp3) is 0.278. The van der Waals surface area contributed by atoms with E-state index in [1.807, 2.05) is 6.92 Å². The van der Waals surface area contributed by atoms with Gasteiger partial charge >= 0.3 is 0 Å². The zero-order valence-electron chi connectivity index (χ0n) is 15.3. The van der Waals surface area contributed by atoms with E-state index in [1.165, 1.54) is 25.3 Å². The Kier molecular flexibility index (Phi) is 8.09. The molecule has 0 spiro atoms. The molecule has 0 unspecified atom stereocenters. The number of hydrogen-bond donors (Lipinski definition) is 2. The van der Waals surface area contributed by atoms with Gasteiger partial charge < -0.3 is 14.8 Å². The van der Waals surface area contributed by atoms with Crippen LogP contribution >= 0.6 is 23.2 Å². The summed E-state index contributed by atoms with van der Waals surface area (Å²) >= 11 is 12.1. The lowest BCUT2D eigenvalue weighted by Crippen LogP contribution is -2.27. The van der Waals surface area contributed by atoms with Gasteiger partial charge in [0.2, 0.25) is 10.0 Å². The van der Waals surface area contributed by atoms with Crippen LogP contribution in [0, 0.1) is 6.92 Å². The minimum Gasteiger partial charge on any atom is -0.482 e. The summed E-state index contributed by atoms with van der Waals surface area (Å²) < 4.78 is 36.9. The van der Waals surface area contributed by atoms with Gasteiger partial charge in [0.05, 0.1) is 16.5 Å². The number of carbonyl (C=O) groups excluding carboxylic acids is 1. The van der Waals surface area contributed by atoms with Crippen molar-refractivity contribution in [2.24, 2.45) is 0 Å². The molecule has 0 aliphatic heterocycles. The Morgan fingerprint density at radius 1 is 1.11 bits per heavy atom. The largest absolute Gasteiger partial charge is 0.482 e. The lowest BCUT2D eigenvalue weighted by Gasteiger charge is -2.11. The number of sulfonamides is 1. The van der Waals surface area contributed by atoms with E-state index in [1.54, 1.807) is 18.2 Å². The van der Waals surface area contributed by atoms with Crippen molar-refractivity contribution in [2.45, 2.75) is 11.8 Å². The maximum atomic E-state index is 12.2. The van der Waals surface area contributed by atoms with Crippen LogP contribution in [0.1, 0.15) is 5.56 Å². The van der Waals surface area contributed by atoms with E-state index in [-0.39, 0.29) is 35.4 Å². The first kappa shape index (κ1) is 22.4. The van der Waals surface area contributed by atoms with Crippen LogP contribution in [0.15, 0.2) is 41.3 Å². The summed E-state index contributed by atoms with van der Waals surface area (Å²) in [6.07, 6.45) is 0. The summed E-state index contributed by atoms with van der Waals surface area (Å²) in [5.41, 5.74) is 1.44. The number of carbonyl (C=O) groups is 1. The van der Waals surface area contributed by atoms with Crippen LogP contribution in [0.4, 0.5) is 5.69 Å². The lowest BCUT2D eigenvalue weighted by molar-refractivity contribution is -0.118. The topological polar surface area (TPSA) is 93.7 Å². The molecular formula is C18H20Cl2N2O5S. The zero-order valence-corrected chi connectivity index (χ0v) is 17.6. The fourth-order valence-electron chi connectivity index (χ4n) is 2.14. The van der Waals surface area contributed by atoms with Gasteiger partial charge in [0.25, 0.3) is 5.91 Å². The van der Waals surface area contributed by atoms with Gasteiger partial charge in [-0.15, -0.1) is 0 Å². The number of methoxy groups -OCH3 is 1. The van der Waals surface area contributed by atoms with Crippen molar-refractivity contribution in [1.29, 1.82) is 0 Å². The molecule has 10 heteroatoms. The number of aryl methyl sites for hydroxylation is 1. The van der Waals surface area contributed by atoms with E-state index in [2.05, 4.69) is 10.0 Å². The molecule has 0 saturated carbocycles. The van der Waals surface area contributed by atoms with Gasteiger partial charge in [0.1, 0.15) is 5.75 Å². The highest BCUT2D eigenvalue weighted by Crippen LogP contribution is 2.27. The number of benzene rings is 2. The standard InChI is InChI=1S/C18H20Cl2N2O5S/c1-12-3-4-13(9-15(12)19)22-18(23)11-27-17-6-5-14(10-16(17)20)28(24,25)21-7-8-26-2/h3-6,9-10,21H,7-8,11H2,1-2H3,(H,22,23). The second kappa shape index (κ2) is 10.1. The molecule has 0 aliphatic rings. The molecule has 2 aromatic carbocycles. The summed E-state index contributed by atoms with van der Waals surface area (Å²) in [4.78, 5) is 12.0. The average molecular weight is 447 g/mol. The van der Waals surface area contributed by atoms with Gasteiger partial charge in [-0.1, -0.05) is 29.3 Å². The monoisotopic (exact) mass is 446 g/mol. The molecule has 0 saturated heterocycles. The van der Waals surface area contributed by atoms with E-state index in [0.717, 1.165) is 5.56 Å². The Bertz CT molecular complexity index is 951. The van der Waals surface area contributed by atoms with E-state index in [4.69, 9.17) is 32.7 Å². The summed E-state index contributed by atoms with van der Waals surface area (Å²) in [5.74, 6) is -0.219. The first-order chi connectivity index (χ1) is 13.2. The Morgan fingerprint density at radius 2 is 1.86 bits per heavy atom. The average Bonchev–Trinajstić information content (AvgIpc) is 2.64. The zero-order chi connectivity index (χ0) is 20.7. The van der Waals surface area contributed by atoms with Gasteiger partial charge in [0.15, 0.2) is 6.61 Å². The smallest absolute Gasteiger partial charge is 0.262 e. The van der Waals surface area contributed by atoms with Crippen molar-refractivity contribution >= 4 is 44.8 Å². The normalized spacial score (nSPS) is 11.3. The van der Waals surface area contributed by atoms with Gasteiger partial charge in [-0.2, -0.15) is 0 Å². The SMILES string of the molecule is COCCNS(=O)(=O)c1ccc(OCC(=O)Nc2ccc(C)c(Cl)c2)c(Cl)c1. The van der Waals surface area contributed by atoms with E-state index in [9.17, 15) is 13.2 Å². The summed E-state index contributed by atoms with van der Waals surface area (Å²) in [6.45, 7) is 1.94. The molecule has 152 valence electrons. The number of rotatable bonds is 9. The van der Waals surface area contributed by atoms with Gasteiger partial charge in [-0.3, -0.25) is 4.79 Å². The van der Waals surface area contributed by atoms with Crippen LogP contribution in [0.2, 0.25) is 10.0 Å². The molecule has 0 atom stereocenters.